The van der Waals surface area contributed by atoms with E-state index in [4.69, 9.17) is 4.74 Å². The van der Waals surface area contributed by atoms with Gasteiger partial charge in [-0.2, -0.15) is 0 Å². The van der Waals surface area contributed by atoms with Gasteiger partial charge in [-0.25, -0.2) is 0 Å². The average Bonchev–Trinajstić information content (AvgIpc) is 3.07. The van der Waals surface area contributed by atoms with Crippen LogP contribution >= 0.6 is 0 Å². The van der Waals surface area contributed by atoms with Gasteiger partial charge >= 0.3 is 0 Å². The molecular weight excluding hydrogens is 276 g/mol. The molecule has 0 spiro atoms. The van der Waals surface area contributed by atoms with Crippen LogP contribution in [0.1, 0.15) is 48.9 Å². The third-order valence-corrected chi connectivity index (χ3v) is 4.80. The standard InChI is InChI=1S/C18H26N2O2/c1-19-15-7-5-11-20(13-15)18(21)14-6-4-10-17(12-14)22-16-8-2-3-9-16/h4,6,10,12,15-16,19H,2-3,5,7-9,11,13H2,1H3. The second kappa shape index (κ2) is 7.14. The number of hydrogen-bond acceptors (Lipinski definition) is 3. The Morgan fingerprint density at radius 1 is 1.23 bits per heavy atom. The van der Waals surface area contributed by atoms with Crippen molar-refractivity contribution in [2.24, 2.45) is 0 Å². The third kappa shape index (κ3) is 3.61. The highest BCUT2D eigenvalue weighted by Gasteiger charge is 2.24. The highest BCUT2D eigenvalue weighted by atomic mass is 16.5. The number of carbonyl (C=O) groups is 1. The Balaban J connectivity index is 1.66. The van der Waals surface area contributed by atoms with E-state index in [0.29, 0.717) is 12.1 Å². The van der Waals surface area contributed by atoms with Crippen molar-refractivity contribution in [3.63, 3.8) is 0 Å². The number of rotatable bonds is 4. The summed E-state index contributed by atoms with van der Waals surface area (Å²) in [6.07, 6.45) is 7.31. The fraction of sp³-hybridized carbons (Fsp3) is 0.611. The Kier molecular flexibility index (Phi) is 4.98. The highest BCUT2D eigenvalue weighted by molar-refractivity contribution is 5.94. The molecule has 0 aromatic heterocycles. The lowest BCUT2D eigenvalue weighted by Crippen LogP contribution is -2.46. The van der Waals surface area contributed by atoms with Gasteiger partial charge in [0.15, 0.2) is 0 Å². The number of ether oxygens (including phenoxy) is 1. The molecular formula is C18H26N2O2. The first-order valence-electron chi connectivity index (χ1n) is 8.49. The second-order valence-electron chi connectivity index (χ2n) is 6.43. The topological polar surface area (TPSA) is 41.6 Å². The van der Waals surface area contributed by atoms with E-state index in [-0.39, 0.29) is 5.91 Å². The zero-order valence-electron chi connectivity index (χ0n) is 13.4. The Labute approximate surface area is 132 Å². The van der Waals surface area contributed by atoms with Crippen LogP contribution in [0.15, 0.2) is 24.3 Å². The molecule has 1 aliphatic heterocycles. The molecule has 3 rings (SSSR count). The van der Waals surface area contributed by atoms with Crippen molar-refractivity contribution in [1.82, 2.24) is 10.2 Å². The summed E-state index contributed by atoms with van der Waals surface area (Å²) in [5, 5.41) is 3.28. The summed E-state index contributed by atoms with van der Waals surface area (Å²) in [5.41, 5.74) is 0.743. The van der Waals surface area contributed by atoms with Crippen molar-refractivity contribution in [2.45, 2.75) is 50.7 Å². The summed E-state index contributed by atoms with van der Waals surface area (Å²) in [7, 11) is 1.97. The van der Waals surface area contributed by atoms with Crippen LogP contribution in [0.25, 0.3) is 0 Å². The first-order valence-corrected chi connectivity index (χ1v) is 8.49. The molecule has 4 nitrogen and oxygen atoms in total. The Bertz CT molecular complexity index is 512. The maximum absolute atomic E-state index is 12.7. The monoisotopic (exact) mass is 302 g/mol. The molecule has 1 atom stereocenters. The molecule has 1 saturated carbocycles. The summed E-state index contributed by atoms with van der Waals surface area (Å²) in [6.45, 7) is 1.65. The predicted molar refractivity (Wildman–Crippen MR) is 87.3 cm³/mol. The van der Waals surface area contributed by atoms with E-state index >= 15 is 0 Å². The summed E-state index contributed by atoms with van der Waals surface area (Å²) in [6, 6.07) is 8.10. The van der Waals surface area contributed by atoms with Gasteiger partial charge in [0.05, 0.1) is 6.10 Å². The molecule has 1 saturated heterocycles. The van der Waals surface area contributed by atoms with Gasteiger partial charge in [0, 0.05) is 24.7 Å². The normalized spacial score (nSPS) is 22.8. The summed E-state index contributed by atoms with van der Waals surface area (Å²) in [4.78, 5) is 14.7. The molecule has 1 aliphatic carbocycles. The minimum absolute atomic E-state index is 0.122. The van der Waals surface area contributed by atoms with E-state index in [1.807, 2.05) is 36.2 Å². The molecule has 2 aliphatic rings. The largest absolute Gasteiger partial charge is 0.490 e. The van der Waals surface area contributed by atoms with E-state index < -0.39 is 0 Å². The summed E-state index contributed by atoms with van der Waals surface area (Å²) >= 11 is 0. The lowest BCUT2D eigenvalue weighted by atomic mass is 10.0. The lowest BCUT2D eigenvalue weighted by Gasteiger charge is -2.32. The smallest absolute Gasteiger partial charge is 0.254 e. The SMILES string of the molecule is CNC1CCCN(C(=O)c2cccc(OC3CCCC3)c2)C1. The number of benzene rings is 1. The van der Waals surface area contributed by atoms with Crippen LogP contribution in [0, 0.1) is 0 Å². The maximum atomic E-state index is 12.7. The molecule has 0 bridgehead atoms. The van der Waals surface area contributed by atoms with E-state index in [1.165, 1.54) is 12.8 Å². The molecule has 1 N–H and O–H groups in total. The molecule has 1 aromatic carbocycles. The van der Waals surface area contributed by atoms with Gasteiger partial charge in [0.2, 0.25) is 0 Å². The quantitative estimate of drug-likeness (QED) is 0.930. The number of amides is 1. The van der Waals surface area contributed by atoms with Gasteiger partial charge in [0.25, 0.3) is 5.91 Å². The van der Waals surface area contributed by atoms with Gasteiger partial charge < -0.3 is 15.0 Å². The summed E-state index contributed by atoms with van der Waals surface area (Å²) < 4.78 is 6.01. The third-order valence-electron chi connectivity index (χ3n) is 4.80. The fourth-order valence-corrected chi connectivity index (χ4v) is 3.48. The zero-order chi connectivity index (χ0) is 15.4. The molecule has 4 heteroatoms. The van der Waals surface area contributed by atoms with Crippen molar-refractivity contribution < 1.29 is 9.53 Å². The van der Waals surface area contributed by atoms with Crippen LogP contribution < -0.4 is 10.1 Å². The minimum atomic E-state index is 0.122. The van der Waals surface area contributed by atoms with E-state index in [1.54, 1.807) is 0 Å². The molecule has 1 amide bonds. The van der Waals surface area contributed by atoms with Crippen LogP contribution in [0.3, 0.4) is 0 Å². The molecule has 1 aromatic rings. The van der Waals surface area contributed by atoms with Crippen molar-refractivity contribution >= 4 is 5.91 Å². The predicted octanol–water partition coefficient (Wildman–Crippen LogP) is 2.83. The Hall–Kier alpha value is -1.55. The van der Waals surface area contributed by atoms with Crippen molar-refractivity contribution in [3.8, 4) is 5.75 Å². The first kappa shape index (κ1) is 15.3. The molecule has 1 unspecified atom stereocenters. The van der Waals surface area contributed by atoms with Crippen LogP contribution in [0.2, 0.25) is 0 Å². The molecule has 0 radical (unpaired) electrons. The van der Waals surface area contributed by atoms with Crippen LogP contribution in [0.5, 0.6) is 5.75 Å². The molecule has 2 fully saturated rings. The number of nitrogens with zero attached hydrogens (tertiary/aromatic N) is 1. The highest BCUT2D eigenvalue weighted by Crippen LogP contribution is 2.25. The zero-order valence-corrected chi connectivity index (χ0v) is 13.4. The van der Waals surface area contributed by atoms with E-state index in [9.17, 15) is 4.79 Å². The Morgan fingerprint density at radius 2 is 2.05 bits per heavy atom. The first-order chi connectivity index (χ1) is 10.8. The van der Waals surface area contributed by atoms with E-state index in [0.717, 1.165) is 50.1 Å². The van der Waals surface area contributed by atoms with Gasteiger partial charge in [-0.3, -0.25) is 4.79 Å². The minimum Gasteiger partial charge on any atom is -0.490 e. The van der Waals surface area contributed by atoms with Crippen LogP contribution in [-0.4, -0.2) is 43.1 Å². The number of likely N-dealkylation sites (N-methyl/N-ethyl adjacent to an activating group) is 1. The van der Waals surface area contributed by atoms with Gasteiger partial charge in [-0.05, 0) is 63.8 Å². The van der Waals surface area contributed by atoms with Gasteiger partial charge in [-0.15, -0.1) is 0 Å². The molecule has 120 valence electrons. The number of hydrogen-bond donors (Lipinski definition) is 1. The number of carbonyl (C=O) groups excluding carboxylic acids is 1. The summed E-state index contributed by atoms with van der Waals surface area (Å²) in [5.74, 6) is 0.955. The number of piperidine rings is 1. The maximum Gasteiger partial charge on any atom is 0.254 e. The number of likely N-dealkylation sites (tertiary alicyclic amines) is 1. The second-order valence-corrected chi connectivity index (χ2v) is 6.43. The van der Waals surface area contributed by atoms with Crippen molar-refractivity contribution in [3.05, 3.63) is 29.8 Å². The van der Waals surface area contributed by atoms with Crippen LogP contribution in [0.4, 0.5) is 0 Å². The Morgan fingerprint density at radius 3 is 2.82 bits per heavy atom. The van der Waals surface area contributed by atoms with E-state index in [2.05, 4.69) is 5.32 Å². The van der Waals surface area contributed by atoms with Gasteiger partial charge in [-0.1, -0.05) is 6.07 Å². The molecule has 1 heterocycles. The van der Waals surface area contributed by atoms with Gasteiger partial charge in [0.1, 0.15) is 5.75 Å². The van der Waals surface area contributed by atoms with Crippen molar-refractivity contribution in [2.75, 3.05) is 20.1 Å². The van der Waals surface area contributed by atoms with Crippen LogP contribution in [-0.2, 0) is 0 Å². The fourth-order valence-electron chi connectivity index (χ4n) is 3.48. The molecule has 22 heavy (non-hydrogen) atoms. The van der Waals surface area contributed by atoms with Crippen molar-refractivity contribution in [1.29, 1.82) is 0 Å². The average molecular weight is 302 g/mol. The number of nitrogens with one attached hydrogen (secondary N) is 1. The lowest BCUT2D eigenvalue weighted by molar-refractivity contribution is 0.0697.